The Labute approximate surface area is 72.4 Å². The van der Waals surface area contributed by atoms with Crippen molar-refractivity contribution >= 4 is 0 Å². The van der Waals surface area contributed by atoms with Gasteiger partial charge in [0.25, 0.3) is 0 Å². The van der Waals surface area contributed by atoms with Crippen molar-refractivity contribution in [2.75, 3.05) is 19.8 Å². The van der Waals surface area contributed by atoms with Gasteiger partial charge < -0.3 is 9.47 Å². The van der Waals surface area contributed by atoms with Crippen LogP contribution in [0.3, 0.4) is 0 Å². The minimum atomic E-state index is -0.101. The Hall–Kier alpha value is -0.120. The van der Waals surface area contributed by atoms with Crippen LogP contribution in [0.5, 0.6) is 0 Å². The van der Waals surface area contributed by atoms with E-state index >= 15 is 0 Å². The smallest absolute Gasteiger partial charge is 0.122 e. The van der Waals surface area contributed by atoms with Crippen molar-refractivity contribution in [2.24, 2.45) is 11.8 Å². The SMILES string of the molecule is CC12CNC3(C)OCC(CO1)C23. The molecule has 4 atom stereocenters. The van der Waals surface area contributed by atoms with E-state index in [0.29, 0.717) is 11.8 Å². The third kappa shape index (κ3) is 0.640. The van der Waals surface area contributed by atoms with Gasteiger partial charge in [0.2, 0.25) is 0 Å². The van der Waals surface area contributed by atoms with Crippen LogP contribution in [0.4, 0.5) is 0 Å². The van der Waals surface area contributed by atoms with Gasteiger partial charge in [0.15, 0.2) is 0 Å². The van der Waals surface area contributed by atoms with Gasteiger partial charge in [0.05, 0.1) is 18.8 Å². The molecule has 3 aliphatic heterocycles. The highest BCUT2D eigenvalue weighted by molar-refractivity contribution is 5.12. The van der Waals surface area contributed by atoms with E-state index in [1.165, 1.54) is 0 Å². The lowest BCUT2D eigenvalue weighted by molar-refractivity contribution is -0.0495. The lowest BCUT2D eigenvalue weighted by Gasteiger charge is -2.27. The summed E-state index contributed by atoms with van der Waals surface area (Å²) in [7, 11) is 0. The Kier molecular flexibility index (Phi) is 1.13. The second-order valence-corrected chi connectivity index (χ2v) is 4.63. The Morgan fingerprint density at radius 2 is 2.00 bits per heavy atom. The highest BCUT2D eigenvalue weighted by Crippen LogP contribution is 2.51. The van der Waals surface area contributed by atoms with Crippen molar-refractivity contribution in [3.8, 4) is 0 Å². The third-order valence-electron chi connectivity index (χ3n) is 3.74. The quantitative estimate of drug-likeness (QED) is 0.568. The molecule has 12 heavy (non-hydrogen) atoms. The third-order valence-corrected chi connectivity index (χ3v) is 3.74. The second kappa shape index (κ2) is 1.86. The molecule has 0 aliphatic carbocycles. The van der Waals surface area contributed by atoms with E-state index in [0.717, 1.165) is 19.8 Å². The summed E-state index contributed by atoms with van der Waals surface area (Å²) in [6.07, 6.45) is 0. The van der Waals surface area contributed by atoms with E-state index in [-0.39, 0.29) is 11.3 Å². The summed E-state index contributed by atoms with van der Waals surface area (Å²) < 4.78 is 11.6. The average molecular weight is 169 g/mol. The zero-order valence-electron chi connectivity index (χ0n) is 7.59. The molecule has 3 rings (SSSR count). The molecule has 0 aromatic rings. The molecule has 3 fully saturated rings. The summed E-state index contributed by atoms with van der Waals surface area (Å²) in [6.45, 7) is 7.04. The minimum Gasteiger partial charge on any atom is -0.373 e. The first-order valence-electron chi connectivity index (χ1n) is 4.67. The molecule has 0 amide bonds. The summed E-state index contributed by atoms with van der Waals surface area (Å²) in [5.41, 5.74) is -0.0637. The molecule has 3 heteroatoms. The zero-order valence-corrected chi connectivity index (χ0v) is 7.59. The Morgan fingerprint density at radius 1 is 1.25 bits per heavy atom. The highest BCUT2D eigenvalue weighted by Gasteiger charge is 2.64. The molecule has 3 nitrogen and oxygen atoms in total. The Bertz CT molecular complexity index is 211. The number of ether oxygens (including phenoxy) is 2. The van der Waals surface area contributed by atoms with Crippen LogP contribution >= 0.6 is 0 Å². The molecule has 0 saturated carbocycles. The fraction of sp³-hybridized carbons (Fsp3) is 1.00. The largest absolute Gasteiger partial charge is 0.373 e. The molecule has 3 heterocycles. The van der Waals surface area contributed by atoms with Crippen LogP contribution < -0.4 is 5.32 Å². The summed E-state index contributed by atoms with van der Waals surface area (Å²) in [6, 6.07) is 0. The molecule has 0 radical (unpaired) electrons. The van der Waals surface area contributed by atoms with E-state index in [2.05, 4.69) is 19.2 Å². The van der Waals surface area contributed by atoms with Crippen molar-refractivity contribution in [3.63, 3.8) is 0 Å². The summed E-state index contributed by atoms with van der Waals surface area (Å²) >= 11 is 0. The molecule has 4 unspecified atom stereocenters. The van der Waals surface area contributed by atoms with Crippen molar-refractivity contribution < 1.29 is 9.47 Å². The topological polar surface area (TPSA) is 30.5 Å². The van der Waals surface area contributed by atoms with Gasteiger partial charge in [-0.1, -0.05) is 0 Å². The predicted octanol–water partition coefficient (Wildman–Crippen LogP) is 0.357. The molecular weight excluding hydrogens is 154 g/mol. The molecule has 0 aromatic carbocycles. The first-order valence-corrected chi connectivity index (χ1v) is 4.67. The molecule has 0 bridgehead atoms. The maximum atomic E-state index is 5.82. The van der Waals surface area contributed by atoms with Gasteiger partial charge in [-0.2, -0.15) is 0 Å². The Morgan fingerprint density at radius 3 is 2.83 bits per heavy atom. The molecule has 0 spiro atoms. The van der Waals surface area contributed by atoms with Crippen LogP contribution in [0.1, 0.15) is 13.8 Å². The summed E-state index contributed by atoms with van der Waals surface area (Å²) in [4.78, 5) is 0. The monoisotopic (exact) mass is 169 g/mol. The van der Waals surface area contributed by atoms with Crippen LogP contribution in [0.25, 0.3) is 0 Å². The van der Waals surface area contributed by atoms with Crippen molar-refractivity contribution in [3.05, 3.63) is 0 Å². The van der Waals surface area contributed by atoms with Gasteiger partial charge in [-0.15, -0.1) is 0 Å². The standard InChI is InChI=1S/C9H15NO2/c1-8-5-10-9(2)7(8)6(3-11-8)4-12-9/h6-7,10H,3-5H2,1-2H3. The zero-order chi connectivity index (χ0) is 8.40. The van der Waals surface area contributed by atoms with Gasteiger partial charge in [-0.05, 0) is 13.8 Å². The van der Waals surface area contributed by atoms with E-state index in [1.807, 2.05) is 0 Å². The second-order valence-electron chi connectivity index (χ2n) is 4.63. The van der Waals surface area contributed by atoms with E-state index in [9.17, 15) is 0 Å². The lowest BCUT2D eigenvalue weighted by Crippen LogP contribution is -2.41. The molecule has 3 aliphatic rings. The van der Waals surface area contributed by atoms with Gasteiger partial charge >= 0.3 is 0 Å². The normalized spacial score (nSPS) is 62.5. The number of hydrogen-bond donors (Lipinski definition) is 1. The van der Waals surface area contributed by atoms with E-state index in [4.69, 9.17) is 9.47 Å². The molecular formula is C9H15NO2. The van der Waals surface area contributed by atoms with Crippen LogP contribution in [0.15, 0.2) is 0 Å². The van der Waals surface area contributed by atoms with Crippen LogP contribution in [-0.4, -0.2) is 31.1 Å². The molecule has 0 aromatic heterocycles. The van der Waals surface area contributed by atoms with Crippen molar-refractivity contribution in [2.45, 2.75) is 25.2 Å². The van der Waals surface area contributed by atoms with Crippen LogP contribution in [0, 0.1) is 11.8 Å². The minimum absolute atomic E-state index is 0.0376. The Balaban J connectivity index is 2.05. The fourth-order valence-corrected chi connectivity index (χ4v) is 3.20. The molecule has 3 saturated heterocycles. The van der Waals surface area contributed by atoms with Crippen LogP contribution in [0.2, 0.25) is 0 Å². The maximum Gasteiger partial charge on any atom is 0.122 e. The van der Waals surface area contributed by atoms with Crippen LogP contribution in [-0.2, 0) is 9.47 Å². The predicted molar refractivity (Wildman–Crippen MR) is 43.7 cm³/mol. The molecule has 68 valence electrons. The fourth-order valence-electron chi connectivity index (χ4n) is 3.20. The highest BCUT2D eigenvalue weighted by atomic mass is 16.6. The number of nitrogens with one attached hydrogen (secondary N) is 1. The summed E-state index contributed by atoms with van der Waals surface area (Å²) in [5, 5.41) is 3.42. The summed E-state index contributed by atoms with van der Waals surface area (Å²) in [5.74, 6) is 1.18. The number of hydrogen-bond acceptors (Lipinski definition) is 3. The van der Waals surface area contributed by atoms with Gasteiger partial charge in [-0.3, -0.25) is 5.32 Å². The van der Waals surface area contributed by atoms with E-state index in [1.54, 1.807) is 0 Å². The average Bonchev–Trinajstić information content (AvgIpc) is 2.58. The first kappa shape index (κ1) is 7.30. The first-order chi connectivity index (χ1) is 5.64. The molecule has 1 N–H and O–H groups in total. The maximum absolute atomic E-state index is 5.82. The van der Waals surface area contributed by atoms with Gasteiger partial charge in [0.1, 0.15) is 5.72 Å². The van der Waals surface area contributed by atoms with Crippen molar-refractivity contribution in [1.29, 1.82) is 0 Å². The van der Waals surface area contributed by atoms with Gasteiger partial charge in [0, 0.05) is 18.4 Å². The lowest BCUT2D eigenvalue weighted by atomic mass is 9.82. The van der Waals surface area contributed by atoms with Crippen molar-refractivity contribution in [1.82, 2.24) is 5.32 Å². The van der Waals surface area contributed by atoms with E-state index < -0.39 is 0 Å². The number of rotatable bonds is 0. The van der Waals surface area contributed by atoms with Gasteiger partial charge in [-0.25, -0.2) is 0 Å².